The molecule has 0 saturated heterocycles. The number of hydrogen-bond donors (Lipinski definition) is 1. The van der Waals surface area contributed by atoms with Gasteiger partial charge in [-0.15, -0.1) is 0 Å². The zero-order valence-electron chi connectivity index (χ0n) is 9.40. The van der Waals surface area contributed by atoms with Crippen LogP contribution in [0.2, 0.25) is 5.02 Å². The van der Waals surface area contributed by atoms with Crippen molar-refractivity contribution in [3.63, 3.8) is 0 Å². The molecule has 0 spiro atoms. The summed E-state index contributed by atoms with van der Waals surface area (Å²) in [6.07, 6.45) is 2.11. The minimum absolute atomic E-state index is 0.0163. The van der Waals surface area contributed by atoms with Crippen LogP contribution in [0.1, 0.15) is 31.9 Å². The molecule has 1 heterocycles. The van der Waals surface area contributed by atoms with Crippen molar-refractivity contribution in [2.45, 2.75) is 31.9 Å². The predicted octanol–water partition coefficient (Wildman–Crippen LogP) is 2.93. The van der Waals surface area contributed by atoms with E-state index in [1.165, 1.54) is 6.34 Å². The van der Waals surface area contributed by atoms with E-state index in [4.69, 9.17) is 22.1 Å². The first-order chi connectivity index (χ1) is 7.53. The Morgan fingerprint density at radius 3 is 3.00 bits per heavy atom. The Bertz CT molecular complexity index is 429. The molecule has 0 bridgehead atoms. The zero-order valence-corrected chi connectivity index (χ0v) is 10.2. The second kappa shape index (κ2) is 3.98. The van der Waals surface area contributed by atoms with Gasteiger partial charge in [-0.3, -0.25) is 4.99 Å². The van der Waals surface area contributed by atoms with Crippen LogP contribution in [-0.4, -0.2) is 11.9 Å². The third-order valence-electron chi connectivity index (χ3n) is 2.68. The molecule has 4 heteroatoms. The fourth-order valence-corrected chi connectivity index (χ4v) is 2.36. The molecule has 1 atom stereocenters. The molecule has 0 saturated carbocycles. The largest absolute Gasteiger partial charge is 0.487 e. The van der Waals surface area contributed by atoms with E-state index in [0.717, 1.165) is 17.7 Å². The van der Waals surface area contributed by atoms with E-state index in [2.05, 4.69) is 4.99 Å². The van der Waals surface area contributed by atoms with Crippen LogP contribution in [-0.2, 0) is 0 Å². The van der Waals surface area contributed by atoms with Gasteiger partial charge >= 0.3 is 0 Å². The molecular formula is C12H15ClN2O. The van der Waals surface area contributed by atoms with Gasteiger partial charge in [0.15, 0.2) is 0 Å². The summed E-state index contributed by atoms with van der Waals surface area (Å²) in [4.78, 5) is 4.27. The monoisotopic (exact) mass is 238 g/mol. The minimum atomic E-state index is -0.241. The Morgan fingerprint density at radius 1 is 1.56 bits per heavy atom. The number of fused-ring (bicyclic) bond motifs is 1. The Labute approximate surface area is 100 Å². The van der Waals surface area contributed by atoms with Crippen LogP contribution in [0.15, 0.2) is 23.2 Å². The molecule has 86 valence electrons. The smallest absolute Gasteiger partial charge is 0.126 e. The van der Waals surface area contributed by atoms with Crippen LogP contribution in [0.4, 0.5) is 0 Å². The summed E-state index contributed by atoms with van der Waals surface area (Å²) in [7, 11) is 0. The number of nitrogens with zero attached hydrogens (tertiary/aromatic N) is 1. The fraction of sp³-hybridized carbons (Fsp3) is 0.417. The van der Waals surface area contributed by atoms with Crippen molar-refractivity contribution in [2.75, 3.05) is 0 Å². The standard InChI is InChI=1S/C12H15ClN2O/c1-12(2)6-9(15-7-14)11-8(13)4-3-5-10(11)16-12/h3-5,7,9H,6H2,1-2H3,(H2,14,15). The molecule has 1 unspecified atom stereocenters. The maximum atomic E-state index is 6.17. The topological polar surface area (TPSA) is 47.6 Å². The van der Waals surface area contributed by atoms with Gasteiger partial charge in [-0.25, -0.2) is 0 Å². The maximum absolute atomic E-state index is 6.17. The molecule has 1 aliphatic heterocycles. The van der Waals surface area contributed by atoms with Crippen molar-refractivity contribution in [2.24, 2.45) is 10.7 Å². The summed E-state index contributed by atoms with van der Waals surface area (Å²) in [6.45, 7) is 4.08. The van der Waals surface area contributed by atoms with Crippen LogP contribution in [0.3, 0.4) is 0 Å². The summed E-state index contributed by atoms with van der Waals surface area (Å²) >= 11 is 6.17. The number of benzene rings is 1. The third kappa shape index (κ3) is 2.00. The van der Waals surface area contributed by atoms with Gasteiger partial charge in [0.05, 0.1) is 12.4 Å². The van der Waals surface area contributed by atoms with Crippen molar-refractivity contribution in [3.05, 3.63) is 28.8 Å². The summed E-state index contributed by atoms with van der Waals surface area (Å²) in [6, 6.07) is 5.63. The van der Waals surface area contributed by atoms with E-state index < -0.39 is 0 Å². The van der Waals surface area contributed by atoms with Gasteiger partial charge in [-0.05, 0) is 26.0 Å². The van der Waals surface area contributed by atoms with Crippen molar-refractivity contribution >= 4 is 17.9 Å². The molecule has 2 rings (SSSR count). The van der Waals surface area contributed by atoms with Crippen molar-refractivity contribution in [1.82, 2.24) is 0 Å². The minimum Gasteiger partial charge on any atom is -0.487 e. The Morgan fingerprint density at radius 2 is 2.31 bits per heavy atom. The SMILES string of the molecule is CC1(C)CC(N=CN)c2c(Cl)cccc2O1. The van der Waals surface area contributed by atoms with E-state index in [9.17, 15) is 0 Å². The van der Waals surface area contributed by atoms with Crippen LogP contribution in [0.25, 0.3) is 0 Å². The first kappa shape index (κ1) is 11.3. The normalized spacial score (nSPS) is 22.8. The summed E-state index contributed by atoms with van der Waals surface area (Å²) in [5.74, 6) is 0.805. The number of hydrogen-bond acceptors (Lipinski definition) is 2. The average Bonchev–Trinajstić information content (AvgIpc) is 2.15. The maximum Gasteiger partial charge on any atom is 0.126 e. The van der Waals surface area contributed by atoms with Gasteiger partial charge in [0.1, 0.15) is 11.4 Å². The molecule has 1 aromatic carbocycles. The van der Waals surface area contributed by atoms with E-state index in [1.807, 2.05) is 32.0 Å². The van der Waals surface area contributed by atoms with E-state index in [0.29, 0.717) is 5.02 Å². The lowest BCUT2D eigenvalue weighted by Crippen LogP contribution is -2.34. The lowest BCUT2D eigenvalue weighted by atomic mass is 9.90. The molecule has 0 aromatic heterocycles. The van der Waals surface area contributed by atoms with Crippen LogP contribution >= 0.6 is 11.6 Å². The van der Waals surface area contributed by atoms with Crippen LogP contribution in [0, 0.1) is 0 Å². The van der Waals surface area contributed by atoms with E-state index >= 15 is 0 Å². The second-order valence-electron chi connectivity index (χ2n) is 4.53. The zero-order chi connectivity index (χ0) is 11.8. The number of ether oxygens (including phenoxy) is 1. The first-order valence-corrected chi connectivity index (χ1v) is 5.62. The highest BCUT2D eigenvalue weighted by atomic mass is 35.5. The molecule has 3 nitrogen and oxygen atoms in total. The molecule has 2 N–H and O–H groups in total. The second-order valence-corrected chi connectivity index (χ2v) is 4.94. The molecular weight excluding hydrogens is 224 g/mol. The first-order valence-electron chi connectivity index (χ1n) is 5.24. The van der Waals surface area contributed by atoms with E-state index in [1.54, 1.807) is 0 Å². The van der Waals surface area contributed by atoms with Gasteiger partial charge in [0.25, 0.3) is 0 Å². The van der Waals surface area contributed by atoms with Gasteiger partial charge in [-0.1, -0.05) is 17.7 Å². The summed E-state index contributed by atoms with van der Waals surface area (Å²) in [5.41, 5.74) is 6.07. The predicted molar refractivity (Wildman–Crippen MR) is 66.2 cm³/mol. The number of nitrogens with two attached hydrogens (primary N) is 1. The van der Waals surface area contributed by atoms with Crippen molar-refractivity contribution in [1.29, 1.82) is 0 Å². The van der Waals surface area contributed by atoms with E-state index in [-0.39, 0.29) is 11.6 Å². The quantitative estimate of drug-likeness (QED) is 0.604. The molecule has 0 radical (unpaired) electrons. The number of aliphatic imine (C=N–C) groups is 1. The molecule has 1 aromatic rings. The lowest BCUT2D eigenvalue weighted by Gasteiger charge is -2.36. The Kier molecular flexibility index (Phi) is 2.80. The number of rotatable bonds is 1. The molecule has 0 aliphatic carbocycles. The van der Waals surface area contributed by atoms with Crippen molar-refractivity contribution < 1.29 is 4.74 Å². The number of halogens is 1. The van der Waals surface area contributed by atoms with Gasteiger partial charge < -0.3 is 10.5 Å². The molecule has 0 amide bonds. The van der Waals surface area contributed by atoms with Crippen LogP contribution < -0.4 is 10.5 Å². The average molecular weight is 239 g/mol. The highest BCUT2D eigenvalue weighted by Crippen LogP contribution is 2.44. The molecule has 0 fully saturated rings. The lowest BCUT2D eigenvalue weighted by molar-refractivity contribution is 0.0734. The van der Waals surface area contributed by atoms with Crippen molar-refractivity contribution in [3.8, 4) is 5.75 Å². The highest BCUT2D eigenvalue weighted by Gasteiger charge is 2.34. The summed E-state index contributed by atoms with van der Waals surface area (Å²) < 4.78 is 5.88. The molecule has 1 aliphatic rings. The van der Waals surface area contributed by atoms with Gasteiger partial charge in [-0.2, -0.15) is 0 Å². The molecule has 16 heavy (non-hydrogen) atoms. The third-order valence-corrected chi connectivity index (χ3v) is 3.01. The van der Waals surface area contributed by atoms with Gasteiger partial charge in [0.2, 0.25) is 0 Å². The van der Waals surface area contributed by atoms with Gasteiger partial charge in [0, 0.05) is 17.0 Å². The summed E-state index contributed by atoms with van der Waals surface area (Å²) in [5, 5.41) is 0.684. The fourth-order valence-electron chi connectivity index (χ4n) is 2.07. The Balaban J connectivity index is 2.51. The Hall–Kier alpha value is -1.22. The highest BCUT2D eigenvalue weighted by molar-refractivity contribution is 6.31. The van der Waals surface area contributed by atoms with Crippen LogP contribution in [0.5, 0.6) is 5.75 Å².